The fourth-order valence-electron chi connectivity index (χ4n) is 5.76. The van der Waals surface area contributed by atoms with Crippen molar-refractivity contribution in [3.8, 4) is 0 Å². The smallest absolute Gasteiger partial charge is 0.408 e. The first-order chi connectivity index (χ1) is 20.7. The zero-order valence-corrected chi connectivity index (χ0v) is 27.5. The van der Waals surface area contributed by atoms with Gasteiger partial charge in [0.05, 0.1) is 0 Å². The normalized spacial score (nSPS) is 27.9. The van der Waals surface area contributed by atoms with E-state index >= 15 is 0 Å². The molecule has 44 heavy (non-hydrogen) atoms. The summed E-state index contributed by atoms with van der Waals surface area (Å²) in [5.41, 5.74) is -1.97. The van der Waals surface area contributed by atoms with Crippen LogP contribution in [0.2, 0.25) is 0 Å². The fraction of sp³-hybridized carbons (Fsp3) is 0.800. The predicted octanol–water partition coefficient (Wildman–Crippen LogP) is 2.06. The highest BCUT2D eigenvalue weighted by Crippen LogP contribution is 2.45. The van der Waals surface area contributed by atoms with Gasteiger partial charge in [0.25, 0.3) is 0 Å². The molecule has 3 aliphatic rings. The van der Waals surface area contributed by atoms with Crippen LogP contribution in [0.4, 0.5) is 4.79 Å². The second kappa shape index (κ2) is 15.6. The Morgan fingerprint density at radius 3 is 2.59 bits per heavy atom. The predicted molar refractivity (Wildman–Crippen MR) is 164 cm³/mol. The van der Waals surface area contributed by atoms with E-state index in [9.17, 15) is 33.0 Å². The van der Waals surface area contributed by atoms with Gasteiger partial charge in [-0.3, -0.25) is 13.8 Å². The van der Waals surface area contributed by atoms with Crippen LogP contribution in [0.3, 0.4) is 0 Å². The second-order valence-corrected chi connectivity index (χ2v) is 14.5. The number of amides is 3. The molecule has 4 N–H and O–H groups in total. The summed E-state index contributed by atoms with van der Waals surface area (Å²) in [7, 11) is 0. The highest BCUT2D eigenvalue weighted by Gasteiger charge is 2.61. The Bertz CT molecular complexity index is 1100. The lowest BCUT2D eigenvalue weighted by molar-refractivity contribution is -0.145. The standard InChI is InChI=1S/C30H51N5O8S/c1-20(2)31-15-17-34(44(41)42)19-24(29(3,4)5)43-28(40)32-22-13-10-8-6-7-9-12-21-18-30(21,27(38)39)33-25(36)23-14-11-16-35(23)26(22)37/h9,12,20-24,31H,6-8,10-11,13-19H2,1-5H3,(H,32,40)(H,33,36)(H,38,39)(H,41,42)/p-1. The summed E-state index contributed by atoms with van der Waals surface area (Å²) in [6.45, 7) is 10.3. The molecule has 0 aromatic rings. The third kappa shape index (κ3) is 9.72. The van der Waals surface area contributed by atoms with Gasteiger partial charge in [-0.15, -0.1) is 0 Å². The van der Waals surface area contributed by atoms with Gasteiger partial charge < -0.3 is 35.2 Å². The first-order valence-corrected chi connectivity index (χ1v) is 16.8. The Labute approximate surface area is 263 Å². The van der Waals surface area contributed by atoms with Crippen molar-refractivity contribution in [2.45, 2.75) is 116 Å². The van der Waals surface area contributed by atoms with E-state index in [1.165, 1.54) is 9.21 Å². The number of carbonyl (C=O) groups excluding carboxylic acids is 3. The van der Waals surface area contributed by atoms with Crippen LogP contribution in [0.5, 0.6) is 0 Å². The monoisotopic (exact) mass is 640 g/mol. The molecule has 0 radical (unpaired) electrons. The summed E-state index contributed by atoms with van der Waals surface area (Å²) in [5, 5.41) is 18.5. The molecule has 0 aromatic heterocycles. The maximum absolute atomic E-state index is 13.8. The number of aliphatic carboxylic acids is 1. The van der Waals surface area contributed by atoms with E-state index in [0.29, 0.717) is 45.2 Å². The molecule has 1 saturated heterocycles. The van der Waals surface area contributed by atoms with Crippen LogP contribution in [-0.2, 0) is 30.4 Å². The van der Waals surface area contributed by atoms with E-state index in [4.69, 9.17) is 4.74 Å². The van der Waals surface area contributed by atoms with Crippen molar-refractivity contribution >= 4 is 35.1 Å². The lowest BCUT2D eigenvalue weighted by Crippen LogP contribution is -2.56. The summed E-state index contributed by atoms with van der Waals surface area (Å²) in [6, 6.07) is -1.61. The molecule has 0 aromatic carbocycles. The number of carbonyl (C=O) groups is 4. The quantitative estimate of drug-likeness (QED) is 0.205. The number of hydrogen-bond acceptors (Lipinski definition) is 8. The van der Waals surface area contributed by atoms with Gasteiger partial charge >= 0.3 is 12.1 Å². The Morgan fingerprint density at radius 2 is 1.95 bits per heavy atom. The molecule has 250 valence electrons. The van der Waals surface area contributed by atoms with Crippen molar-refractivity contribution in [2.24, 2.45) is 11.3 Å². The molecule has 1 saturated carbocycles. The number of rotatable bonds is 10. The Kier molecular flexibility index (Phi) is 12.8. The van der Waals surface area contributed by atoms with Crippen LogP contribution in [-0.4, -0.2) is 103 Å². The molecule has 0 spiro atoms. The van der Waals surface area contributed by atoms with Crippen LogP contribution in [0.15, 0.2) is 12.2 Å². The molecule has 0 bridgehead atoms. The number of allylic oxidation sites excluding steroid dienone is 1. The zero-order chi connectivity index (χ0) is 32.7. The number of alkyl carbamates (subject to hydrolysis) is 1. The number of fused-ring (bicyclic) bond motifs is 2. The SMILES string of the molecule is CC(C)NCCN(CC(OC(=O)NC1CCCCCC=CC2CC2(C(=O)O)NC(=O)C2CCCN2C1=O)C(C)(C)C)S(=O)[O-]. The highest BCUT2D eigenvalue weighted by molar-refractivity contribution is 7.76. The minimum atomic E-state index is -2.54. The van der Waals surface area contributed by atoms with E-state index < -0.39 is 64.3 Å². The first kappa shape index (κ1) is 35.9. The lowest BCUT2D eigenvalue weighted by Gasteiger charge is -2.36. The molecule has 3 amide bonds. The average Bonchev–Trinajstić information content (AvgIpc) is 3.39. The summed E-state index contributed by atoms with van der Waals surface area (Å²) in [5.74, 6) is -2.30. The first-order valence-electron chi connectivity index (χ1n) is 15.7. The van der Waals surface area contributed by atoms with Gasteiger partial charge in [-0.2, -0.15) is 0 Å². The minimum absolute atomic E-state index is 0.0559. The van der Waals surface area contributed by atoms with Crippen molar-refractivity contribution in [1.29, 1.82) is 0 Å². The van der Waals surface area contributed by atoms with Crippen molar-refractivity contribution < 1.29 is 37.8 Å². The molecule has 6 unspecified atom stereocenters. The molecule has 2 aliphatic heterocycles. The molecule has 14 heteroatoms. The third-order valence-electron chi connectivity index (χ3n) is 8.61. The van der Waals surface area contributed by atoms with Crippen molar-refractivity contribution in [3.05, 3.63) is 12.2 Å². The van der Waals surface area contributed by atoms with Gasteiger partial charge in [0.1, 0.15) is 23.7 Å². The van der Waals surface area contributed by atoms with Crippen molar-refractivity contribution in [2.75, 3.05) is 26.2 Å². The van der Waals surface area contributed by atoms with Gasteiger partial charge in [0, 0.05) is 54.8 Å². The molecule has 2 fully saturated rings. The van der Waals surface area contributed by atoms with E-state index in [1.807, 2.05) is 46.8 Å². The van der Waals surface area contributed by atoms with Crippen LogP contribution in [0.1, 0.15) is 86.0 Å². The minimum Gasteiger partial charge on any atom is -0.760 e. The van der Waals surface area contributed by atoms with E-state index in [1.54, 1.807) is 0 Å². The highest BCUT2D eigenvalue weighted by atomic mass is 32.2. The average molecular weight is 641 g/mol. The van der Waals surface area contributed by atoms with Crippen molar-refractivity contribution in [1.82, 2.24) is 25.2 Å². The second-order valence-electron chi connectivity index (χ2n) is 13.5. The molecule has 13 nitrogen and oxygen atoms in total. The topological polar surface area (TPSA) is 180 Å². The van der Waals surface area contributed by atoms with Crippen molar-refractivity contribution in [3.63, 3.8) is 0 Å². The number of hydrogen-bond donors (Lipinski definition) is 4. The lowest BCUT2D eigenvalue weighted by atomic mass is 9.89. The van der Waals surface area contributed by atoms with Crippen LogP contribution < -0.4 is 16.0 Å². The molecule has 1 aliphatic carbocycles. The number of carboxylic acids is 1. The van der Waals surface area contributed by atoms with E-state index in [2.05, 4.69) is 16.0 Å². The molecule has 3 rings (SSSR count). The number of carboxylic acid groups (broad SMARTS) is 1. The molecular weight excluding hydrogens is 590 g/mol. The van der Waals surface area contributed by atoms with Gasteiger partial charge in [0.15, 0.2) is 0 Å². The van der Waals surface area contributed by atoms with Crippen LogP contribution in [0.25, 0.3) is 0 Å². The maximum atomic E-state index is 13.8. The largest absolute Gasteiger partial charge is 0.760 e. The van der Waals surface area contributed by atoms with E-state index in [-0.39, 0.29) is 25.0 Å². The molecule has 2 heterocycles. The summed E-state index contributed by atoms with van der Waals surface area (Å²) < 4.78 is 30.9. The number of nitrogens with one attached hydrogen (secondary N) is 3. The molecule has 6 atom stereocenters. The number of ether oxygens (including phenoxy) is 1. The van der Waals surface area contributed by atoms with Gasteiger partial charge in [0.2, 0.25) is 11.8 Å². The van der Waals surface area contributed by atoms with Gasteiger partial charge in [-0.05, 0) is 38.5 Å². The summed E-state index contributed by atoms with van der Waals surface area (Å²) >= 11 is -2.54. The van der Waals surface area contributed by atoms with Crippen LogP contribution in [0, 0.1) is 11.3 Å². The zero-order valence-electron chi connectivity index (χ0n) is 26.6. The summed E-state index contributed by atoms with van der Waals surface area (Å²) in [6.07, 6.45) is 6.77. The number of nitrogens with zero attached hydrogens (tertiary/aromatic N) is 2. The van der Waals surface area contributed by atoms with Gasteiger partial charge in [-0.25, -0.2) is 13.9 Å². The molecular formula is C30H50N5O8S-. The van der Waals surface area contributed by atoms with Gasteiger partial charge in [-0.1, -0.05) is 59.6 Å². The fourth-order valence-corrected chi connectivity index (χ4v) is 6.26. The Balaban J connectivity index is 1.74. The van der Waals surface area contributed by atoms with Crippen LogP contribution >= 0.6 is 0 Å². The Hall–Kier alpha value is -2.55. The van der Waals surface area contributed by atoms with E-state index in [0.717, 1.165) is 19.3 Å². The third-order valence-corrected chi connectivity index (χ3v) is 9.37. The maximum Gasteiger partial charge on any atom is 0.408 e. The summed E-state index contributed by atoms with van der Waals surface area (Å²) in [4.78, 5) is 53.9. The Morgan fingerprint density at radius 1 is 1.23 bits per heavy atom.